The zero-order valence-electron chi connectivity index (χ0n) is 12.5. The van der Waals surface area contributed by atoms with E-state index < -0.39 is 0 Å². The summed E-state index contributed by atoms with van der Waals surface area (Å²) in [6.07, 6.45) is 3.24. The summed E-state index contributed by atoms with van der Waals surface area (Å²) in [6, 6.07) is 7.81. The molecule has 0 aliphatic rings. The van der Waals surface area contributed by atoms with E-state index >= 15 is 0 Å². The van der Waals surface area contributed by atoms with Gasteiger partial charge in [-0.25, -0.2) is 0 Å². The fraction of sp³-hybridized carbons (Fsp3) is 0.412. The maximum atomic E-state index is 11.5. The van der Waals surface area contributed by atoms with Crippen LogP contribution >= 0.6 is 0 Å². The van der Waals surface area contributed by atoms with Gasteiger partial charge in [-0.2, -0.15) is 0 Å². The Bertz CT molecular complexity index is 462. The Morgan fingerprint density at radius 1 is 1.10 bits per heavy atom. The molecule has 0 aliphatic heterocycles. The second-order valence-corrected chi connectivity index (χ2v) is 4.80. The van der Waals surface area contributed by atoms with Gasteiger partial charge in [-0.05, 0) is 25.3 Å². The van der Waals surface area contributed by atoms with Crippen molar-refractivity contribution >= 4 is 11.9 Å². The van der Waals surface area contributed by atoms with Crippen LogP contribution in [0.1, 0.15) is 36.8 Å². The summed E-state index contributed by atoms with van der Waals surface area (Å²) in [5.74, 6) is -0.586. The minimum atomic E-state index is -0.297. The number of hydrogen-bond acceptors (Lipinski definition) is 4. The third-order valence-corrected chi connectivity index (χ3v) is 2.87. The molecular weight excluding hydrogens is 268 g/mol. The summed E-state index contributed by atoms with van der Waals surface area (Å²) in [5.41, 5.74) is 2.12. The lowest BCUT2D eigenvalue weighted by Crippen LogP contribution is -2.08. The standard InChI is InChI=1S/C17H22O4/c1-3-4-12-20-16(18)6-5-7-17(19)21-13-15-10-8-14(2)9-11-15/h3,8-11H,1,4-7,12-13H2,2H3. The van der Waals surface area contributed by atoms with E-state index in [9.17, 15) is 9.59 Å². The Labute approximate surface area is 125 Å². The highest BCUT2D eigenvalue weighted by Gasteiger charge is 2.07. The first-order chi connectivity index (χ1) is 10.1. The Morgan fingerprint density at radius 2 is 1.71 bits per heavy atom. The molecule has 0 aliphatic carbocycles. The number of hydrogen-bond donors (Lipinski definition) is 0. The van der Waals surface area contributed by atoms with Crippen LogP contribution in [0.2, 0.25) is 0 Å². The topological polar surface area (TPSA) is 52.6 Å². The van der Waals surface area contributed by atoms with E-state index in [0.29, 0.717) is 19.4 Å². The average Bonchev–Trinajstić information content (AvgIpc) is 2.47. The number of benzene rings is 1. The van der Waals surface area contributed by atoms with E-state index in [-0.39, 0.29) is 31.4 Å². The highest BCUT2D eigenvalue weighted by molar-refractivity contribution is 5.72. The molecule has 1 aromatic carbocycles. The zero-order chi connectivity index (χ0) is 15.5. The molecule has 0 bridgehead atoms. The minimum absolute atomic E-state index is 0.225. The van der Waals surface area contributed by atoms with Gasteiger partial charge in [0.2, 0.25) is 0 Å². The van der Waals surface area contributed by atoms with E-state index in [1.807, 2.05) is 31.2 Å². The Morgan fingerprint density at radius 3 is 2.33 bits per heavy atom. The molecule has 4 nitrogen and oxygen atoms in total. The van der Waals surface area contributed by atoms with Gasteiger partial charge in [0.15, 0.2) is 0 Å². The third-order valence-electron chi connectivity index (χ3n) is 2.87. The summed E-state index contributed by atoms with van der Waals surface area (Å²) >= 11 is 0. The van der Waals surface area contributed by atoms with Gasteiger partial charge in [0.25, 0.3) is 0 Å². The predicted octanol–water partition coefficient (Wildman–Crippen LogP) is 3.33. The molecule has 0 fully saturated rings. The molecule has 1 aromatic rings. The van der Waals surface area contributed by atoms with Gasteiger partial charge in [-0.3, -0.25) is 9.59 Å². The number of esters is 2. The molecule has 0 spiro atoms. The van der Waals surface area contributed by atoms with Crippen LogP contribution in [-0.2, 0) is 25.7 Å². The maximum absolute atomic E-state index is 11.5. The summed E-state index contributed by atoms with van der Waals surface area (Å²) < 4.78 is 10.1. The van der Waals surface area contributed by atoms with Gasteiger partial charge < -0.3 is 9.47 Å². The van der Waals surface area contributed by atoms with Gasteiger partial charge in [0.05, 0.1) is 6.61 Å². The molecule has 0 heterocycles. The molecule has 1 rings (SSSR count). The quantitative estimate of drug-likeness (QED) is 0.398. The highest BCUT2D eigenvalue weighted by atomic mass is 16.5. The van der Waals surface area contributed by atoms with Gasteiger partial charge in [0.1, 0.15) is 6.61 Å². The number of rotatable bonds is 9. The van der Waals surface area contributed by atoms with E-state index in [1.54, 1.807) is 6.08 Å². The molecule has 114 valence electrons. The summed E-state index contributed by atoms with van der Waals surface area (Å²) in [6.45, 7) is 6.16. The van der Waals surface area contributed by atoms with Crippen molar-refractivity contribution in [1.29, 1.82) is 0 Å². The minimum Gasteiger partial charge on any atom is -0.465 e. The van der Waals surface area contributed by atoms with Crippen LogP contribution in [0.25, 0.3) is 0 Å². The monoisotopic (exact) mass is 290 g/mol. The van der Waals surface area contributed by atoms with Gasteiger partial charge in [-0.1, -0.05) is 35.9 Å². The van der Waals surface area contributed by atoms with Crippen molar-refractivity contribution in [3.63, 3.8) is 0 Å². The molecule has 0 unspecified atom stereocenters. The van der Waals surface area contributed by atoms with Crippen LogP contribution in [0.4, 0.5) is 0 Å². The summed E-state index contributed by atoms with van der Waals surface area (Å²) in [7, 11) is 0. The van der Waals surface area contributed by atoms with E-state index in [2.05, 4.69) is 6.58 Å². The second-order valence-electron chi connectivity index (χ2n) is 4.80. The van der Waals surface area contributed by atoms with Gasteiger partial charge in [0, 0.05) is 12.8 Å². The molecule has 4 heteroatoms. The van der Waals surface area contributed by atoms with Crippen LogP contribution in [0.5, 0.6) is 0 Å². The molecule has 0 atom stereocenters. The number of carbonyl (C=O) groups excluding carboxylic acids is 2. The smallest absolute Gasteiger partial charge is 0.306 e. The highest BCUT2D eigenvalue weighted by Crippen LogP contribution is 2.06. The second kappa shape index (κ2) is 9.75. The van der Waals surface area contributed by atoms with Crippen molar-refractivity contribution < 1.29 is 19.1 Å². The third kappa shape index (κ3) is 7.92. The van der Waals surface area contributed by atoms with Crippen molar-refractivity contribution in [3.8, 4) is 0 Å². The first-order valence-electron chi connectivity index (χ1n) is 7.09. The lowest BCUT2D eigenvalue weighted by molar-refractivity contribution is -0.146. The van der Waals surface area contributed by atoms with Crippen molar-refractivity contribution in [2.24, 2.45) is 0 Å². The molecular formula is C17H22O4. The van der Waals surface area contributed by atoms with Crippen LogP contribution in [0, 0.1) is 6.92 Å². The number of carbonyl (C=O) groups is 2. The van der Waals surface area contributed by atoms with Crippen LogP contribution in [0.15, 0.2) is 36.9 Å². The lowest BCUT2D eigenvalue weighted by atomic mass is 10.2. The molecule has 0 N–H and O–H groups in total. The molecule has 0 saturated carbocycles. The van der Waals surface area contributed by atoms with Crippen molar-refractivity contribution in [2.75, 3.05) is 6.61 Å². The number of ether oxygens (including phenoxy) is 2. The fourth-order valence-electron chi connectivity index (χ4n) is 1.63. The van der Waals surface area contributed by atoms with Crippen LogP contribution in [0.3, 0.4) is 0 Å². The first-order valence-corrected chi connectivity index (χ1v) is 7.09. The molecule has 0 saturated heterocycles. The Balaban J connectivity index is 2.12. The Hall–Kier alpha value is -2.10. The number of aryl methyl sites for hydroxylation is 1. The molecule has 0 radical (unpaired) electrons. The molecule has 0 aromatic heterocycles. The van der Waals surface area contributed by atoms with Gasteiger partial charge >= 0.3 is 11.9 Å². The summed E-state index contributed by atoms with van der Waals surface area (Å²) in [5, 5.41) is 0. The van der Waals surface area contributed by atoms with E-state index in [1.165, 1.54) is 5.56 Å². The molecule has 21 heavy (non-hydrogen) atoms. The van der Waals surface area contributed by atoms with Crippen molar-refractivity contribution in [1.82, 2.24) is 0 Å². The molecule has 0 amide bonds. The predicted molar refractivity (Wildman–Crippen MR) is 80.6 cm³/mol. The van der Waals surface area contributed by atoms with Crippen molar-refractivity contribution in [2.45, 2.75) is 39.2 Å². The SMILES string of the molecule is C=CCCOC(=O)CCCC(=O)OCc1ccc(C)cc1. The summed E-state index contributed by atoms with van der Waals surface area (Å²) in [4.78, 5) is 22.8. The fourth-order valence-corrected chi connectivity index (χ4v) is 1.63. The largest absolute Gasteiger partial charge is 0.465 e. The van der Waals surface area contributed by atoms with E-state index in [4.69, 9.17) is 9.47 Å². The first kappa shape index (κ1) is 17.0. The van der Waals surface area contributed by atoms with E-state index in [0.717, 1.165) is 5.56 Å². The maximum Gasteiger partial charge on any atom is 0.306 e. The van der Waals surface area contributed by atoms with Gasteiger partial charge in [-0.15, -0.1) is 6.58 Å². The van der Waals surface area contributed by atoms with Crippen LogP contribution in [-0.4, -0.2) is 18.5 Å². The van der Waals surface area contributed by atoms with Crippen LogP contribution < -0.4 is 0 Å². The van der Waals surface area contributed by atoms with Crippen molar-refractivity contribution in [3.05, 3.63) is 48.0 Å². The Kier molecular flexibility index (Phi) is 7.87. The lowest BCUT2D eigenvalue weighted by Gasteiger charge is -2.05. The zero-order valence-corrected chi connectivity index (χ0v) is 12.5. The average molecular weight is 290 g/mol. The normalized spacial score (nSPS) is 9.95.